The van der Waals surface area contributed by atoms with Gasteiger partial charge in [-0.05, 0) is 86.2 Å². The fraction of sp³-hybridized carbons (Fsp3) is 0.286. The van der Waals surface area contributed by atoms with Gasteiger partial charge in [0.1, 0.15) is 5.75 Å². The van der Waals surface area contributed by atoms with E-state index in [1.54, 1.807) is 42.5 Å². The predicted octanol–water partition coefficient (Wildman–Crippen LogP) is 4.50. The van der Waals surface area contributed by atoms with Crippen LogP contribution in [0.25, 0.3) is 0 Å². The van der Waals surface area contributed by atoms with Gasteiger partial charge in [-0.25, -0.2) is 0 Å². The fourth-order valence-corrected chi connectivity index (χ4v) is 3.13. The second-order valence-corrected chi connectivity index (χ2v) is 8.16. The third kappa shape index (κ3) is 6.83. The Kier molecular flexibility index (Phi) is 8.16. The van der Waals surface area contributed by atoms with Gasteiger partial charge in [-0.2, -0.15) is 0 Å². The number of hydrogen-bond acceptors (Lipinski definition) is 4. The molecule has 154 valence electrons. The third-order valence-corrected chi connectivity index (χ3v) is 4.45. The summed E-state index contributed by atoms with van der Waals surface area (Å²) in [6, 6.07) is 12.0. The van der Waals surface area contributed by atoms with Gasteiger partial charge in [0.2, 0.25) is 0 Å². The van der Waals surface area contributed by atoms with E-state index < -0.39 is 0 Å². The summed E-state index contributed by atoms with van der Waals surface area (Å²) in [6.45, 7) is 7.62. The number of anilines is 1. The Balaban J connectivity index is 2.07. The van der Waals surface area contributed by atoms with E-state index in [4.69, 9.17) is 17.0 Å². The molecule has 0 aliphatic heterocycles. The summed E-state index contributed by atoms with van der Waals surface area (Å²) < 4.78 is 6.32. The summed E-state index contributed by atoms with van der Waals surface area (Å²) in [6.07, 6.45) is 0.0238. The number of amides is 2. The van der Waals surface area contributed by atoms with Crippen molar-refractivity contribution in [1.82, 2.24) is 10.6 Å². The van der Waals surface area contributed by atoms with Crippen LogP contribution >= 0.6 is 28.1 Å². The number of para-hydroxylation sites is 1. The van der Waals surface area contributed by atoms with Crippen LogP contribution < -0.4 is 20.7 Å². The van der Waals surface area contributed by atoms with Crippen LogP contribution in [0.15, 0.2) is 46.9 Å². The number of benzene rings is 2. The fourth-order valence-electron chi connectivity index (χ4n) is 2.45. The molecule has 0 aromatic heterocycles. The number of hydrogen-bond donors (Lipinski definition) is 3. The predicted molar refractivity (Wildman–Crippen MR) is 123 cm³/mol. The van der Waals surface area contributed by atoms with E-state index in [2.05, 4.69) is 31.9 Å². The molecule has 8 heteroatoms. The molecule has 3 N–H and O–H groups in total. The first-order valence-electron chi connectivity index (χ1n) is 9.15. The van der Waals surface area contributed by atoms with Crippen LogP contribution in [0.4, 0.5) is 5.69 Å². The Morgan fingerprint density at radius 1 is 1.03 bits per heavy atom. The maximum Gasteiger partial charge on any atom is 0.257 e. The lowest BCUT2D eigenvalue weighted by Crippen LogP contribution is -2.35. The zero-order valence-electron chi connectivity index (χ0n) is 16.7. The second kappa shape index (κ2) is 10.4. The molecule has 0 saturated carbocycles. The molecule has 0 saturated heterocycles. The molecule has 0 aliphatic carbocycles. The Morgan fingerprint density at radius 3 is 2.34 bits per heavy atom. The molecule has 0 radical (unpaired) electrons. The van der Waals surface area contributed by atoms with Crippen LogP contribution in [-0.2, 0) is 0 Å². The van der Waals surface area contributed by atoms with Crippen molar-refractivity contribution < 1.29 is 14.3 Å². The summed E-state index contributed by atoms with van der Waals surface area (Å²) in [5.41, 5.74) is 1.37. The van der Waals surface area contributed by atoms with E-state index in [1.807, 2.05) is 27.7 Å². The third-order valence-electron chi connectivity index (χ3n) is 3.62. The molecule has 0 aliphatic rings. The van der Waals surface area contributed by atoms with Crippen molar-refractivity contribution in [3.8, 4) is 5.75 Å². The maximum atomic E-state index is 12.5. The van der Waals surface area contributed by atoms with Gasteiger partial charge in [0.05, 0.1) is 21.8 Å². The van der Waals surface area contributed by atoms with Crippen LogP contribution in [0, 0.1) is 0 Å². The number of nitrogens with one attached hydrogen (secondary N) is 3. The number of carbonyl (C=O) groups excluding carboxylic acids is 2. The summed E-state index contributed by atoms with van der Waals surface area (Å²) in [5.74, 6) is 0.0626. The highest BCUT2D eigenvalue weighted by molar-refractivity contribution is 9.10. The Bertz CT molecular complexity index is 916. The Hall–Kier alpha value is -2.45. The lowest BCUT2D eigenvalue weighted by atomic mass is 10.1. The van der Waals surface area contributed by atoms with Gasteiger partial charge in [-0.3, -0.25) is 14.9 Å². The average Bonchev–Trinajstić information content (AvgIpc) is 2.62. The first-order valence-corrected chi connectivity index (χ1v) is 10.4. The molecule has 2 aromatic carbocycles. The molecular weight excluding hydrogens is 454 g/mol. The highest BCUT2D eigenvalue weighted by Crippen LogP contribution is 2.27. The molecule has 29 heavy (non-hydrogen) atoms. The molecular formula is C21H24BrN3O3S. The van der Waals surface area contributed by atoms with E-state index in [1.165, 1.54) is 0 Å². The average molecular weight is 478 g/mol. The quantitative estimate of drug-likeness (QED) is 0.533. The van der Waals surface area contributed by atoms with E-state index in [9.17, 15) is 9.59 Å². The minimum absolute atomic E-state index is 0.00306. The monoisotopic (exact) mass is 477 g/mol. The largest absolute Gasteiger partial charge is 0.490 e. The van der Waals surface area contributed by atoms with Crippen molar-refractivity contribution in [1.29, 1.82) is 0 Å². The minimum atomic E-state index is -0.372. The summed E-state index contributed by atoms with van der Waals surface area (Å²) in [5, 5.41) is 8.48. The lowest BCUT2D eigenvalue weighted by Gasteiger charge is -2.15. The number of carbonyl (C=O) groups is 2. The molecule has 2 aromatic rings. The molecule has 0 bridgehead atoms. The zero-order valence-corrected chi connectivity index (χ0v) is 19.1. The standard InChI is InChI=1S/C21H24BrN3O3S/c1-12(2)23-20(27)15-7-5-6-8-17(15)24-21(29)25-19(26)14-9-10-18(16(22)11-14)28-13(3)4/h5-13H,1-4H3,(H,23,27)(H2,24,25,26,29). The van der Waals surface area contributed by atoms with E-state index in [0.717, 1.165) is 0 Å². The smallest absolute Gasteiger partial charge is 0.257 e. The number of rotatable bonds is 6. The van der Waals surface area contributed by atoms with E-state index >= 15 is 0 Å². The molecule has 0 atom stereocenters. The summed E-state index contributed by atoms with van der Waals surface area (Å²) in [7, 11) is 0. The molecule has 0 unspecified atom stereocenters. The second-order valence-electron chi connectivity index (χ2n) is 6.89. The van der Waals surface area contributed by atoms with Gasteiger partial charge in [-0.15, -0.1) is 0 Å². The molecule has 2 rings (SSSR count). The molecule has 6 nitrogen and oxygen atoms in total. The van der Waals surface area contributed by atoms with Gasteiger partial charge in [0.25, 0.3) is 11.8 Å². The lowest BCUT2D eigenvalue weighted by molar-refractivity contribution is 0.0942. The van der Waals surface area contributed by atoms with E-state index in [-0.39, 0.29) is 29.1 Å². The first kappa shape index (κ1) is 22.8. The number of ether oxygens (including phenoxy) is 1. The van der Waals surface area contributed by atoms with Gasteiger partial charge in [0, 0.05) is 11.6 Å². The minimum Gasteiger partial charge on any atom is -0.490 e. The molecule has 0 spiro atoms. The Morgan fingerprint density at radius 2 is 1.72 bits per heavy atom. The molecule has 0 fully saturated rings. The topological polar surface area (TPSA) is 79.5 Å². The first-order chi connectivity index (χ1) is 13.7. The van der Waals surface area contributed by atoms with Gasteiger partial charge >= 0.3 is 0 Å². The van der Waals surface area contributed by atoms with Crippen molar-refractivity contribution in [3.05, 3.63) is 58.1 Å². The van der Waals surface area contributed by atoms with Crippen LogP contribution in [0.3, 0.4) is 0 Å². The van der Waals surface area contributed by atoms with Crippen LogP contribution in [0.1, 0.15) is 48.4 Å². The SMILES string of the molecule is CC(C)NC(=O)c1ccccc1NC(=S)NC(=O)c1ccc(OC(C)C)c(Br)c1. The van der Waals surface area contributed by atoms with Crippen LogP contribution in [0.5, 0.6) is 5.75 Å². The van der Waals surface area contributed by atoms with Crippen molar-refractivity contribution in [3.63, 3.8) is 0 Å². The van der Waals surface area contributed by atoms with E-state index in [0.29, 0.717) is 27.0 Å². The van der Waals surface area contributed by atoms with Gasteiger partial charge in [-0.1, -0.05) is 12.1 Å². The van der Waals surface area contributed by atoms with Crippen LogP contribution in [-0.4, -0.2) is 29.1 Å². The summed E-state index contributed by atoms with van der Waals surface area (Å²) >= 11 is 8.66. The maximum absolute atomic E-state index is 12.5. The van der Waals surface area contributed by atoms with Gasteiger partial charge < -0.3 is 15.4 Å². The van der Waals surface area contributed by atoms with Crippen LogP contribution in [0.2, 0.25) is 0 Å². The number of halogens is 1. The van der Waals surface area contributed by atoms with Crippen molar-refractivity contribution >= 4 is 50.8 Å². The molecule has 0 heterocycles. The van der Waals surface area contributed by atoms with Crippen molar-refractivity contribution in [2.75, 3.05) is 5.32 Å². The highest BCUT2D eigenvalue weighted by Gasteiger charge is 2.15. The Labute approximate surface area is 184 Å². The summed E-state index contributed by atoms with van der Waals surface area (Å²) in [4.78, 5) is 24.9. The normalized spacial score (nSPS) is 10.6. The highest BCUT2D eigenvalue weighted by atomic mass is 79.9. The van der Waals surface area contributed by atoms with Crippen molar-refractivity contribution in [2.45, 2.75) is 39.8 Å². The number of thiocarbonyl (C=S) groups is 1. The zero-order chi connectivity index (χ0) is 21.6. The van der Waals surface area contributed by atoms with Crippen molar-refractivity contribution in [2.24, 2.45) is 0 Å². The van der Waals surface area contributed by atoms with Gasteiger partial charge in [0.15, 0.2) is 5.11 Å². The molecule has 2 amide bonds.